The average Bonchev–Trinajstić information content (AvgIpc) is 2.27. The maximum Gasteiger partial charge on any atom is 0.321 e. The van der Waals surface area contributed by atoms with E-state index in [1.807, 2.05) is 13.8 Å². The molecule has 0 saturated carbocycles. The van der Waals surface area contributed by atoms with Crippen LogP contribution >= 0.6 is 11.6 Å². The third-order valence-corrected chi connectivity index (χ3v) is 2.06. The lowest BCUT2D eigenvalue weighted by Crippen LogP contribution is -2.09. The van der Waals surface area contributed by atoms with Crippen molar-refractivity contribution in [1.82, 2.24) is 19.9 Å². The quantitative estimate of drug-likeness (QED) is 0.856. The molecule has 0 amide bonds. The molecule has 94 valence electrons. The zero-order chi connectivity index (χ0) is 13.1. The Morgan fingerprint density at radius 2 is 2.00 bits per heavy atom. The lowest BCUT2D eigenvalue weighted by molar-refractivity contribution is 0.222. The van der Waals surface area contributed by atoms with Gasteiger partial charge in [0.05, 0.1) is 12.3 Å². The maximum atomic E-state index is 13.1. The predicted octanol–water partition coefficient (Wildman–Crippen LogP) is 2.51. The Bertz CT molecular complexity index is 564. The molecule has 2 rings (SSSR count). The van der Waals surface area contributed by atoms with Gasteiger partial charge in [0.15, 0.2) is 5.82 Å². The van der Waals surface area contributed by atoms with Crippen molar-refractivity contribution in [3.8, 4) is 17.4 Å². The molecule has 5 nitrogen and oxygen atoms in total. The molecule has 0 fully saturated rings. The molecule has 0 atom stereocenters. The van der Waals surface area contributed by atoms with Crippen LogP contribution in [0.3, 0.4) is 0 Å². The second kappa shape index (κ2) is 5.22. The molecule has 0 spiro atoms. The van der Waals surface area contributed by atoms with Crippen molar-refractivity contribution in [3.05, 3.63) is 29.6 Å². The topological polar surface area (TPSA) is 60.8 Å². The van der Waals surface area contributed by atoms with E-state index in [9.17, 15) is 4.39 Å². The first-order valence-corrected chi connectivity index (χ1v) is 5.61. The summed E-state index contributed by atoms with van der Waals surface area (Å²) in [7, 11) is 0. The van der Waals surface area contributed by atoms with Gasteiger partial charge in [-0.3, -0.25) is 4.98 Å². The van der Waals surface area contributed by atoms with Crippen LogP contribution in [0.4, 0.5) is 4.39 Å². The van der Waals surface area contributed by atoms with Crippen molar-refractivity contribution >= 4 is 11.6 Å². The number of aromatic nitrogens is 4. The van der Waals surface area contributed by atoms with E-state index in [4.69, 9.17) is 16.3 Å². The third kappa shape index (κ3) is 3.10. The van der Waals surface area contributed by atoms with Gasteiger partial charge < -0.3 is 4.74 Å². The fraction of sp³-hybridized carbons (Fsp3) is 0.273. The molecule has 0 bridgehead atoms. The highest BCUT2D eigenvalue weighted by atomic mass is 35.5. The minimum Gasteiger partial charge on any atom is -0.461 e. The molecule has 18 heavy (non-hydrogen) atoms. The lowest BCUT2D eigenvalue weighted by Gasteiger charge is -2.08. The summed E-state index contributed by atoms with van der Waals surface area (Å²) in [4.78, 5) is 15.5. The monoisotopic (exact) mass is 268 g/mol. The van der Waals surface area contributed by atoms with Crippen LogP contribution in [0.15, 0.2) is 18.5 Å². The molecule has 2 aromatic heterocycles. The molecule has 7 heteroatoms. The Hall–Kier alpha value is -1.82. The summed E-state index contributed by atoms with van der Waals surface area (Å²) < 4.78 is 18.4. The Kier molecular flexibility index (Phi) is 3.66. The van der Waals surface area contributed by atoms with Gasteiger partial charge in [-0.15, -0.1) is 0 Å². The molecule has 0 aliphatic carbocycles. The van der Waals surface area contributed by atoms with Crippen LogP contribution in [0.5, 0.6) is 6.01 Å². The second-order valence-electron chi connectivity index (χ2n) is 3.77. The molecule has 0 aliphatic rings. The minimum absolute atomic E-state index is 0.0140. The van der Waals surface area contributed by atoms with Crippen LogP contribution in [0.1, 0.15) is 13.8 Å². The standard InChI is InChI=1S/C11H10ClFN4O/c1-6(2)18-11-16-9(15-10(12)17-11)7-3-8(13)5-14-4-7/h3-6H,1-2H3. The van der Waals surface area contributed by atoms with E-state index in [-0.39, 0.29) is 23.2 Å². The van der Waals surface area contributed by atoms with E-state index in [0.717, 1.165) is 6.20 Å². The fourth-order valence-corrected chi connectivity index (χ4v) is 1.41. The second-order valence-corrected chi connectivity index (χ2v) is 4.11. The van der Waals surface area contributed by atoms with Crippen molar-refractivity contribution in [2.24, 2.45) is 0 Å². The number of rotatable bonds is 3. The maximum absolute atomic E-state index is 13.1. The van der Waals surface area contributed by atoms with Crippen molar-refractivity contribution in [3.63, 3.8) is 0 Å². The Balaban J connectivity index is 2.41. The first-order valence-electron chi connectivity index (χ1n) is 5.24. The van der Waals surface area contributed by atoms with E-state index in [2.05, 4.69) is 19.9 Å². The van der Waals surface area contributed by atoms with Gasteiger partial charge in [-0.1, -0.05) is 0 Å². The summed E-state index contributed by atoms with van der Waals surface area (Å²) in [5.74, 6) is -0.256. The largest absolute Gasteiger partial charge is 0.461 e. The summed E-state index contributed by atoms with van der Waals surface area (Å²) in [6, 6.07) is 1.36. The van der Waals surface area contributed by atoms with Gasteiger partial charge in [0, 0.05) is 11.8 Å². The van der Waals surface area contributed by atoms with Gasteiger partial charge in [0.2, 0.25) is 5.28 Å². The normalized spacial score (nSPS) is 10.7. The molecule has 2 aromatic rings. The van der Waals surface area contributed by atoms with Gasteiger partial charge in [-0.2, -0.15) is 15.0 Å². The Labute approximate surface area is 108 Å². The number of nitrogens with zero attached hydrogens (tertiary/aromatic N) is 4. The number of pyridine rings is 1. The first kappa shape index (κ1) is 12.6. The highest BCUT2D eigenvalue weighted by Gasteiger charge is 2.10. The molecule has 0 radical (unpaired) electrons. The van der Waals surface area contributed by atoms with Crippen LogP contribution in [0, 0.1) is 5.82 Å². The van der Waals surface area contributed by atoms with E-state index in [1.165, 1.54) is 12.3 Å². The molecular formula is C11H10ClFN4O. The molecule has 0 saturated heterocycles. The number of ether oxygens (including phenoxy) is 1. The van der Waals surface area contributed by atoms with Crippen molar-refractivity contribution < 1.29 is 9.13 Å². The molecule has 0 N–H and O–H groups in total. The van der Waals surface area contributed by atoms with Crippen molar-refractivity contribution in [1.29, 1.82) is 0 Å². The van der Waals surface area contributed by atoms with E-state index < -0.39 is 5.82 Å². The van der Waals surface area contributed by atoms with E-state index in [1.54, 1.807) is 0 Å². The molecular weight excluding hydrogens is 259 g/mol. The molecule has 2 heterocycles. The van der Waals surface area contributed by atoms with Crippen LogP contribution in [0.2, 0.25) is 5.28 Å². The van der Waals surface area contributed by atoms with Gasteiger partial charge in [-0.05, 0) is 31.5 Å². The Morgan fingerprint density at radius 3 is 2.67 bits per heavy atom. The van der Waals surface area contributed by atoms with Crippen LogP contribution in [0.25, 0.3) is 11.4 Å². The third-order valence-electron chi connectivity index (χ3n) is 1.89. The SMILES string of the molecule is CC(C)Oc1nc(Cl)nc(-c2cncc(F)c2)n1. The van der Waals surface area contributed by atoms with Gasteiger partial charge in [0.25, 0.3) is 0 Å². The van der Waals surface area contributed by atoms with Crippen LogP contribution < -0.4 is 4.74 Å². The highest BCUT2D eigenvalue weighted by molar-refractivity contribution is 6.28. The van der Waals surface area contributed by atoms with Crippen LogP contribution in [-0.2, 0) is 0 Å². The van der Waals surface area contributed by atoms with Gasteiger partial charge in [-0.25, -0.2) is 4.39 Å². The van der Waals surface area contributed by atoms with E-state index in [0.29, 0.717) is 5.56 Å². The zero-order valence-electron chi connectivity index (χ0n) is 9.76. The summed E-state index contributed by atoms with van der Waals surface area (Å²) in [6.45, 7) is 3.67. The average molecular weight is 269 g/mol. The number of hydrogen-bond donors (Lipinski definition) is 0. The molecule has 0 unspecified atom stereocenters. The predicted molar refractivity (Wildman–Crippen MR) is 63.8 cm³/mol. The summed E-state index contributed by atoms with van der Waals surface area (Å²) in [5.41, 5.74) is 0.410. The van der Waals surface area contributed by atoms with Crippen molar-refractivity contribution in [2.75, 3.05) is 0 Å². The number of halogens is 2. The highest BCUT2D eigenvalue weighted by Crippen LogP contribution is 2.19. The number of hydrogen-bond acceptors (Lipinski definition) is 5. The summed E-state index contributed by atoms with van der Waals surface area (Å²) in [6.07, 6.45) is 2.44. The smallest absolute Gasteiger partial charge is 0.321 e. The van der Waals surface area contributed by atoms with Gasteiger partial charge >= 0.3 is 6.01 Å². The molecule has 0 aliphatic heterocycles. The first-order chi connectivity index (χ1) is 8.54. The zero-order valence-corrected chi connectivity index (χ0v) is 10.5. The molecule has 0 aromatic carbocycles. The Morgan fingerprint density at radius 1 is 1.22 bits per heavy atom. The summed E-state index contributed by atoms with van der Waals surface area (Å²) in [5, 5.41) is -0.0140. The lowest BCUT2D eigenvalue weighted by atomic mass is 10.3. The van der Waals surface area contributed by atoms with E-state index >= 15 is 0 Å². The fourth-order valence-electron chi connectivity index (χ4n) is 1.26. The summed E-state index contributed by atoms with van der Waals surface area (Å²) >= 11 is 5.77. The minimum atomic E-state index is -0.477. The van der Waals surface area contributed by atoms with Crippen LogP contribution in [-0.4, -0.2) is 26.0 Å². The van der Waals surface area contributed by atoms with Crippen molar-refractivity contribution in [2.45, 2.75) is 20.0 Å². The van der Waals surface area contributed by atoms with Gasteiger partial charge in [0.1, 0.15) is 5.82 Å².